The van der Waals surface area contributed by atoms with Crippen LogP contribution in [-0.4, -0.2) is 55.6 Å². The van der Waals surface area contributed by atoms with Gasteiger partial charge in [-0.15, -0.1) is 0 Å². The van der Waals surface area contributed by atoms with E-state index in [1.807, 2.05) is 24.1 Å². The molecule has 0 spiro atoms. The minimum Gasteiger partial charge on any atom is -0.378 e. The number of amides is 1. The highest BCUT2D eigenvalue weighted by Gasteiger charge is 2.18. The van der Waals surface area contributed by atoms with Crippen LogP contribution in [0.25, 0.3) is 0 Å². The van der Waals surface area contributed by atoms with E-state index in [0.717, 1.165) is 19.6 Å². The lowest BCUT2D eigenvalue weighted by atomic mass is 10.1. The Kier molecular flexibility index (Phi) is 4.93. The van der Waals surface area contributed by atoms with Gasteiger partial charge in [-0.2, -0.15) is 0 Å². The highest BCUT2D eigenvalue weighted by Crippen LogP contribution is 2.09. The van der Waals surface area contributed by atoms with Gasteiger partial charge < -0.3 is 9.64 Å². The first kappa shape index (κ1) is 14.0. The minimum absolute atomic E-state index is 0.194. The molecule has 0 N–H and O–H groups in total. The Bertz CT molecular complexity index is 428. The maximum absolute atomic E-state index is 12.1. The number of hydrogen-bond acceptors (Lipinski definition) is 3. The summed E-state index contributed by atoms with van der Waals surface area (Å²) in [6.07, 6.45) is 0. The first-order chi connectivity index (χ1) is 9.16. The van der Waals surface area contributed by atoms with Gasteiger partial charge in [-0.05, 0) is 25.1 Å². The molecule has 1 aliphatic heterocycles. The molecule has 1 saturated heterocycles. The second kappa shape index (κ2) is 6.68. The number of likely N-dealkylation sites (N-methyl/N-ethyl adjacent to an activating group) is 1. The van der Waals surface area contributed by atoms with Crippen LogP contribution in [0.1, 0.15) is 11.1 Å². The number of hydrogen-bond donors (Lipinski definition) is 0. The summed E-state index contributed by atoms with van der Waals surface area (Å²) < 4.78 is 5.26. The Morgan fingerprint density at radius 3 is 2.68 bits per heavy atom. The van der Waals surface area contributed by atoms with Crippen LogP contribution in [-0.2, 0) is 16.1 Å². The lowest BCUT2D eigenvalue weighted by Gasteiger charge is -2.28. The standard InChI is InChI=1S/C15H22N2O2/c1-13-5-3-4-6-14(13)11-16(2)12-15(18)17-7-9-19-10-8-17/h3-6H,7-12H2,1-2H3. The van der Waals surface area contributed by atoms with Crippen molar-refractivity contribution in [2.75, 3.05) is 39.9 Å². The molecule has 2 rings (SSSR count). The third-order valence-corrected chi connectivity index (χ3v) is 3.47. The Morgan fingerprint density at radius 1 is 1.32 bits per heavy atom. The van der Waals surface area contributed by atoms with E-state index < -0.39 is 0 Å². The normalized spacial score (nSPS) is 15.8. The maximum atomic E-state index is 12.1. The van der Waals surface area contributed by atoms with Crippen LogP contribution in [0.3, 0.4) is 0 Å². The van der Waals surface area contributed by atoms with E-state index in [1.165, 1.54) is 11.1 Å². The fraction of sp³-hybridized carbons (Fsp3) is 0.533. The van der Waals surface area contributed by atoms with Gasteiger partial charge in [0.05, 0.1) is 19.8 Å². The number of benzene rings is 1. The van der Waals surface area contributed by atoms with Crippen LogP contribution in [0.4, 0.5) is 0 Å². The van der Waals surface area contributed by atoms with E-state index in [-0.39, 0.29) is 5.91 Å². The van der Waals surface area contributed by atoms with E-state index in [4.69, 9.17) is 4.74 Å². The van der Waals surface area contributed by atoms with E-state index >= 15 is 0 Å². The zero-order valence-corrected chi connectivity index (χ0v) is 11.8. The van der Waals surface area contributed by atoms with Crippen molar-refractivity contribution in [2.45, 2.75) is 13.5 Å². The summed E-state index contributed by atoms with van der Waals surface area (Å²) in [6, 6.07) is 8.30. The van der Waals surface area contributed by atoms with E-state index in [9.17, 15) is 4.79 Å². The predicted molar refractivity (Wildman–Crippen MR) is 74.9 cm³/mol. The molecule has 0 aromatic heterocycles. The van der Waals surface area contributed by atoms with Gasteiger partial charge in [-0.3, -0.25) is 9.69 Å². The molecule has 0 radical (unpaired) electrons. The molecule has 0 bridgehead atoms. The Balaban J connectivity index is 1.85. The van der Waals surface area contributed by atoms with Crippen LogP contribution >= 0.6 is 0 Å². The molecule has 4 heteroatoms. The van der Waals surface area contributed by atoms with Crippen molar-refractivity contribution in [3.8, 4) is 0 Å². The fourth-order valence-electron chi connectivity index (χ4n) is 2.28. The predicted octanol–water partition coefficient (Wildman–Crippen LogP) is 1.29. The minimum atomic E-state index is 0.194. The molecule has 1 amide bonds. The Morgan fingerprint density at radius 2 is 2.00 bits per heavy atom. The van der Waals surface area contributed by atoms with Gasteiger partial charge in [0.2, 0.25) is 5.91 Å². The molecule has 1 aliphatic rings. The maximum Gasteiger partial charge on any atom is 0.236 e. The van der Waals surface area contributed by atoms with E-state index in [2.05, 4.69) is 24.0 Å². The summed E-state index contributed by atoms with van der Waals surface area (Å²) in [5.41, 5.74) is 2.55. The monoisotopic (exact) mass is 262 g/mol. The Labute approximate surface area is 115 Å². The number of ether oxygens (including phenoxy) is 1. The number of nitrogens with zero attached hydrogens (tertiary/aromatic N) is 2. The van der Waals surface area contributed by atoms with Crippen molar-refractivity contribution >= 4 is 5.91 Å². The highest BCUT2D eigenvalue weighted by molar-refractivity contribution is 5.78. The number of aryl methyl sites for hydroxylation is 1. The lowest BCUT2D eigenvalue weighted by molar-refractivity contribution is -0.136. The van der Waals surface area contributed by atoms with Gasteiger partial charge in [0, 0.05) is 19.6 Å². The van der Waals surface area contributed by atoms with Crippen LogP contribution in [0, 0.1) is 6.92 Å². The van der Waals surface area contributed by atoms with Crippen molar-refractivity contribution in [1.82, 2.24) is 9.80 Å². The summed E-state index contributed by atoms with van der Waals surface area (Å²) in [5.74, 6) is 0.194. The zero-order valence-electron chi connectivity index (χ0n) is 11.8. The average Bonchev–Trinajstić information content (AvgIpc) is 2.42. The van der Waals surface area contributed by atoms with Gasteiger partial charge >= 0.3 is 0 Å². The summed E-state index contributed by atoms with van der Waals surface area (Å²) >= 11 is 0. The Hall–Kier alpha value is -1.39. The molecule has 0 unspecified atom stereocenters. The summed E-state index contributed by atoms with van der Waals surface area (Å²) in [5, 5.41) is 0. The molecule has 0 aliphatic carbocycles. The van der Waals surface area contributed by atoms with Crippen LogP contribution in [0.2, 0.25) is 0 Å². The van der Waals surface area contributed by atoms with Gasteiger partial charge in [0.15, 0.2) is 0 Å². The number of carbonyl (C=O) groups excluding carboxylic acids is 1. The SMILES string of the molecule is Cc1ccccc1CN(C)CC(=O)N1CCOCC1. The van der Waals surface area contributed by atoms with E-state index in [1.54, 1.807) is 0 Å². The fourth-order valence-corrected chi connectivity index (χ4v) is 2.28. The quantitative estimate of drug-likeness (QED) is 0.819. The molecule has 104 valence electrons. The largest absolute Gasteiger partial charge is 0.378 e. The summed E-state index contributed by atoms with van der Waals surface area (Å²) in [7, 11) is 1.99. The van der Waals surface area contributed by atoms with Crippen LogP contribution in [0.5, 0.6) is 0 Å². The lowest BCUT2D eigenvalue weighted by Crippen LogP contribution is -2.44. The van der Waals surface area contributed by atoms with Crippen molar-refractivity contribution in [2.24, 2.45) is 0 Å². The average molecular weight is 262 g/mol. The van der Waals surface area contributed by atoms with Gasteiger partial charge in [0.25, 0.3) is 0 Å². The van der Waals surface area contributed by atoms with Crippen molar-refractivity contribution < 1.29 is 9.53 Å². The molecule has 0 atom stereocenters. The molecule has 4 nitrogen and oxygen atoms in total. The first-order valence-corrected chi connectivity index (χ1v) is 6.75. The zero-order chi connectivity index (χ0) is 13.7. The van der Waals surface area contributed by atoms with Gasteiger partial charge in [0.1, 0.15) is 0 Å². The summed E-state index contributed by atoms with van der Waals surface area (Å²) in [4.78, 5) is 16.1. The molecule has 1 fully saturated rings. The molecule has 1 heterocycles. The molecule has 19 heavy (non-hydrogen) atoms. The highest BCUT2D eigenvalue weighted by atomic mass is 16.5. The number of rotatable bonds is 4. The summed E-state index contributed by atoms with van der Waals surface area (Å²) in [6.45, 7) is 6.14. The van der Waals surface area contributed by atoms with Crippen molar-refractivity contribution in [3.63, 3.8) is 0 Å². The van der Waals surface area contributed by atoms with Crippen molar-refractivity contribution in [1.29, 1.82) is 0 Å². The molecule has 1 aromatic rings. The van der Waals surface area contributed by atoms with E-state index in [0.29, 0.717) is 19.8 Å². The van der Waals surface area contributed by atoms with Crippen molar-refractivity contribution in [3.05, 3.63) is 35.4 Å². The van der Waals surface area contributed by atoms with Crippen LogP contribution in [0.15, 0.2) is 24.3 Å². The second-order valence-electron chi connectivity index (χ2n) is 5.09. The topological polar surface area (TPSA) is 32.8 Å². The first-order valence-electron chi connectivity index (χ1n) is 6.75. The van der Waals surface area contributed by atoms with Crippen LogP contribution < -0.4 is 0 Å². The number of carbonyl (C=O) groups is 1. The molecular weight excluding hydrogens is 240 g/mol. The molecular formula is C15H22N2O2. The third-order valence-electron chi connectivity index (χ3n) is 3.47. The second-order valence-corrected chi connectivity index (χ2v) is 5.09. The smallest absolute Gasteiger partial charge is 0.236 e. The molecule has 0 saturated carbocycles. The molecule has 1 aromatic carbocycles. The van der Waals surface area contributed by atoms with Gasteiger partial charge in [-0.25, -0.2) is 0 Å². The third kappa shape index (κ3) is 4.04. The van der Waals surface area contributed by atoms with Gasteiger partial charge in [-0.1, -0.05) is 24.3 Å². The number of morpholine rings is 1.